The second-order valence-electron chi connectivity index (χ2n) is 4.79. The highest BCUT2D eigenvalue weighted by Gasteiger charge is 2.15. The van der Waals surface area contributed by atoms with E-state index in [9.17, 15) is 9.18 Å². The topological polar surface area (TPSA) is 44.8 Å². The molecule has 2 rings (SSSR count). The Balaban J connectivity index is 2.23. The number of carbonyl (C=O) groups is 1. The van der Waals surface area contributed by atoms with E-state index in [0.29, 0.717) is 28.3 Å². The van der Waals surface area contributed by atoms with E-state index in [1.54, 1.807) is 18.2 Å². The molecular weight excluding hydrogens is 450 g/mol. The van der Waals surface area contributed by atoms with Gasteiger partial charge in [-0.2, -0.15) is 0 Å². The maximum absolute atomic E-state index is 13.9. The molecule has 0 radical (unpaired) electrons. The molecule has 24 heavy (non-hydrogen) atoms. The summed E-state index contributed by atoms with van der Waals surface area (Å²) in [4.78, 5) is 11.3. The summed E-state index contributed by atoms with van der Waals surface area (Å²) in [5.41, 5.74) is 1.16. The van der Waals surface area contributed by atoms with Gasteiger partial charge in [0.15, 0.2) is 0 Å². The van der Waals surface area contributed by atoms with Crippen LogP contribution in [0.15, 0.2) is 30.3 Å². The van der Waals surface area contributed by atoms with Crippen molar-refractivity contribution in [1.82, 2.24) is 0 Å². The number of carbonyl (C=O) groups excluding carboxylic acids is 1. The molecule has 7 heteroatoms. The molecule has 0 amide bonds. The van der Waals surface area contributed by atoms with Crippen LogP contribution in [0.5, 0.6) is 11.5 Å². The lowest BCUT2D eigenvalue weighted by atomic mass is 10.1. The van der Waals surface area contributed by atoms with Gasteiger partial charge in [-0.05, 0) is 52.8 Å². The van der Waals surface area contributed by atoms with Gasteiger partial charge in [-0.3, -0.25) is 0 Å². The summed E-state index contributed by atoms with van der Waals surface area (Å²) in [6.07, 6.45) is -0.283. The Hall–Kier alpha value is -1.54. The van der Waals surface area contributed by atoms with Gasteiger partial charge in [-0.1, -0.05) is 24.6 Å². The third kappa shape index (κ3) is 4.51. The van der Waals surface area contributed by atoms with Crippen LogP contribution in [-0.2, 0) is 17.8 Å². The zero-order valence-electron chi connectivity index (χ0n) is 13.1. The first-order valence-electron chi connectivity index (χ1n) is 7.10. The largest absolute Gasteiger partial charge is 0.513 e. The Labute approximate surface area is 158 Å². The van der Waals surface area contributed by atoms with Crippen molar-refractivity contribution in [3.8, 4) is 11.5 Å². The zero-order chi connectivity index (χ0) is 17.7. The predicted molar refractivity (Wildman–Crippen MR) is 97.3 cm³/mol. The van der Waals surface area contributed by atoms with Gasteiger partial charge in [-0.25, -0.2) is 9.18 Å². The minimum absolute atomic E-state index is 0.0655. The molecule has 4 nitrogen and oxygen atoms in total. The molecular formula is C17H15ClFIO4. The Bertz CT molecular complexity index is 752. The molecule has 0 fully saturated rings. The van der Waals surface area contributed by atoms with E-state index >= 15 is 0 Å². The highest BCUT2D eigenvalue weighted by atomic mass is 127. The van der Waals surface area contributed by atoms with Crippen molar-refractivity contribution in [2.75, 3.05) is 7.11 Å². The summed E-state index contributed by atoms with van der Waals surface area (Å²) < 4.78 is 30.0. The SMILES string of the molecule is CCc1cc(Cl)c(OCc2c(I)cccc2OC(=O)OC)cc1F. The quantitative estimate of drug-likeness (QED) is 0.339. The number of ether oxygens (including phenoxy) is 3. The Morgan fingerprint density at radius 1 is 1.29 bits per heavy atom. The van der Waals surface area contributed by atoms with Crippen LogP contribution in [0.25, 0.3) is 0 Å². The lowest BCUT2D eigenvalue weighted by molar-refractivity contribution is 0.120. The number of benzene rings is 2. The zero-order valence-corrected chi connectivity index (χ0v) is 16.0. The Morgan fingerprint density at radius 2 is 2.04 bits per heavy atom. The first kappa shape index (κ1) is 18.8. The molecule has 128 valence electrons. The summed E-state index contributed by atoms with van der Waals surface area (Å²) in [6, 6.07) is 8.02. The Morgan fingerprint density at radius 3 is 2.71 bits per heavy atom. The van der Waals surface area contributed by atoms with Gasteiger partial charge in [0.25, 0.3) is 0 Å². The fourth-order valence-corrected chi connectivity index (χ4v) is 2.88. The van der Waals surface area contributed by atoms with Crippen LogP contribution >= 0.6 is 34.2 Å². The normalized spacial score (nSPS) is 10.4. The molecule has 0 aromatic heterocycles. The number of hydrogen-bond donors (Lipinski definition) is 0. The van der Waals surface area contributed by atoms with Crippen LogP contribution in [0.2, 0.25) is 5.02 Å². The van der Waals surface area contributed by atoms with Crippen LogP contribution in [0, 0.1) is 9.39 Å². The lowest BCUT2D eigenvalue weighted by Gasteiger charge is -2.14. The van der Waals surface area contributed by atoms with E-state index in [1.807, 2.05) is 13.0 Å². The maximum Gasteiger partial charge on any atom is 0.513 e. The fraction of sp³-hybridized carbons (Fsp3) is 0.235. The highest BCUT2D eigenvalue weighted by Crippen LogP contribution is 2.31. The predicted octanol–water partition coefficient (Wildman–Crippen LogP) is 5.37. The third-order valence-corrected chi connectivity index (χ3v) is 4.60. The van der Waals surface area contributed by atoms with E-state index < -0.39 is 6.16 Å². The van der Waals surface area contributed by atoms with E-state index in [0.717, 1.165) is 3.57 Å². The number of halogens is 3. The van der Waals surface area contributed by atoms with E-state index in [2.05, 4.69) is 27.3 Å². The molecule has 0 atom stereocenters. The summed E-state index contributed by atoms with van der Waals surface area (Å²) >= 11 is 8.23. The van der Waals surface area contributed by atoms with Crippen molar-refractivity contribution in [3.05, 3.63) is 55.9 Å². The number of rotatable bonds is 5. The Kier molecular flexibility index (Phi) is 6.68. The molecule has 2 aromatic rings. The van der Waals surface area contributed by atoms with Crippen LogP contribution in [0.3, 0.4) is 0 Å². The van der Waals surface area contributed by atoms with Crippen molar-refractivity contribution < 1.29 is 23.4 Å². The molecule has 0 aliphatic rings. The lowest BCUT2D eigenvalue weighted by Crippen LogP contribution is -2.10. The molecule has 0 spiro atoms. The smallest absolute Gasteiger partial charge is 0.487 e. The number of aryl methyl sites for hydroxylation is 1. The fourth-order valence-electron chi connectivity index (χ4n) is 2.01. The molecule has 0 saturated carbocycles. The minimum atomic E-state index is -0.824. The molecule has 0 unspecified atom stereocenters. The number of hydrogen-bond acceptors (Lipinski definition) is 4. The van der Waals surface area contributed by atoms with Crippen molar-refractivity contribution in [3.63, 3.8) is 0 Å². The molecule has 2 aromatic carbocycles. The van der Waals surface area contributed by atoms with Crippen LogP contribution < -0.4 is 9.47 Å². The van der Waals surface area contributed by atoms with Crippen LogP contribution in [0.4, 0.5) is 9.18 Å². The highest BCUT2D eigenvalue weighted by molar-refractivity contribution is 14.1. The first-order chi connectivity index (χ1) is 11.5. The van der Waals surface area contributed by atoms with Gasteiger partial charge in [0.05, 0.1) is 12.1 Å². The summed E-state index contributed by atoms with van der Waals surface area (Å²) in [6.45, 7) is 1.91. The third-order valence-electron chi connectivity index (χ3n) is 3.29. The standard InChI is InChI=1S/C17H15ClFIO4/c1-3-10-7-12(18)16(8-13(10)19)23-9-11-14(20)5-4-6-15(11)24-17(21)22-2/h4-8H,3,9H2,1-2H3. The average molecular weight is 465 g/mol. The van der Waals surface area contributed by atoms with Crippen molar-refractivity contribution >= 4 is 40.3 Å². The van der Waals surface area contributed by atoms with Crippen molar-refractivity contribution in [2.24, 2.45) is 0 Å². The van der Waals surface area contributed by atoms with Crippen molar-refractivity contribution in [1.29, 1.82) is 0 Å². The molecule has 0 saturated heterocycles. The molecule has 0 heterocycles. The summed E-state index contributed by atoms with van der Waals surface area (Å²) in [5, 5.41) is 0.328. The van der Waals surface area contributed by atoms with Gasteiger partial charge in [0.2, 0.25) is 0 Å². The van der Waals surface area contributed by atoms with Crippen LogP contribution in [-0.4, -0.2) is 13.3 Å². The molecule has 0 N–H and O–H groups in total. The number of methoxy groups -OCH3 is 1. The van der Waals surface area contributed by atoms with E-state index in [-0.39, 0.29) is 18.2 Å². The van der Waals surface area contributed by atoms with E-state index in [4.69, 9.17) is 21.1 Å². The first-order valence-corrected chi connectivity index (χ1v) is 8.55. The van der Waals surface area contributed by atoms with Gasteiger partial charge >= 0.3 is 6.16 Å². The second-order valence-corrected chi connectivity index (χ2v) is 6.36. The monoisotopic (exact) mass is 464 g/mol. The van der Waals surface area contributed by atoms with Gasteiger partial charge in [0, 0.05) is 15.2 Å². The maximum atomic E-state index is 13.9. The molecule has 0 aliphatic carbocycles. The van der Waals surface area contributed by atoms with Crippen molar-refractivity contribution in [2.45, 2.75) is 20.0 Å². The molecule has 0 aliphatic heterocycles. The summed E-state index contributed by atoms with van der Waals surface area (Å²) in [7, 11) is 1.23. The van der Waals surface area contributed by atoms with Crippen LogP contribution in [0.1, 0.15) is 18.1 Å². The minimum Gasteiger partial charge on any atom is -0.487 e. The van der Waals surface area contributed by atoms with Gasteiger partial charge < -0.3 is 14.2 Å². The second kappa shape index (κ2) is 8.53. The summed E-state index contributed by atoms with van der Waals surface area (Å²) in [5.74, 6) is 0.177. The molecule has 0 bridgehead atoms. The van der Waals surface area contributed by atoms with Gasteiger partial charge in [0.1, 0.15) is 23.9 Å². The van der Waals surface area contributed by atoms with Gasteiger partial charge in [-0.15, -0.1) is 0 Å². The van der Waals surface area contributed by atoms with E-state index in [1.165, 1.54) is 13.2 Å². The average Bonchev–Trinajstić information content (AvgIpc) is 2.56.